The lowest BCUT2D eigenvalue weighted by Crippen LogP contribution is -2.59. The number of nitrogens with two attached hydrogens (primary N) is 3. The minimum Gasteiger partial charge on any atom is -0.480 e. The molecule has 0 unspecified atom stereocenters. The molecule has 0 spiro atoms. The van der Waals surface area contributed by atoms with Crippen molar-refractivity contribution in [2.24, 2.45) is 28.1 Å². The van der Waals surface area contributed by atoms with Crippen LogP contribution in [0.2, 0.25) is 0 Å². The maximum Gasteiger partial charge on any atom is 0.326 e. The highest BCUT2D eigenvalue weighted by Crippen LogP contribution is 2.20. The van der Waals surface area contributed by atoms with Gasteiger partial charge in [0, 0.05) is 47.2 Å². The number of carboxylic acid groups (broad SMARTS) is 1. The highest BCUT2D eigenvalue weighted by molar-refractivity contribution is 5.96. The first kappa shape index (κ1) is 38.9. The standard InChI is InChI=1S/C36H48N10O6/c1-19(2)30(46-32(48)25(37)15-21-17-41-26-11-6-4-9-23(21)26)34(50)43-20(3)31(47)45-29(16-22-18-42-27-12-7-5-10-24(22)27)33(49)44-28(35(51)52)13-8-14-40-36(38)39/h4-7,9-12,17-20,25,28-30,41-42H,8,13-16,37H2,1-3H3,(H,43,50)(H,44,49)(H,45,47)(H,46,48)(H,51,52)(H4,38,39,40)/t20-,25-,28-,29-,30-/m0/s1. The lowest BCUT2D eigenvalue weighted by molar-refractivity contribution is -0.142. The van der Waals surface area contributed by atoms with Crippen LogP contribution in [-0.2, 0) is 36.8 Å². The SMILES string of the molecule is CC(C)[C@H](NC(=O)[C@@H](N)Cc1c[nH]c2ccccc12)C(=O)N[C@@H](C)C(=O)N[C@@H](Cc1c[nH]c2ccccc12)C(=O)N[C@@H](CCCN=C(N)N)C(=O)O. The Morgan fingerprint density at radius 3 is 1.85 bits per heavy atom. The second-order valence-electron chi connectivity index (χ2n) is 13.1. The number of H-pyrrole nitrogens is 2. The second kappa shape index (κ2) is 17.8. The monoisotopic (exact) mass is 716 g/mol. The number of para-hydroxylation sites is 2. The third-order valence-electron chi connectivity index (χ3n) is 8.74. The fourth-order valence-electron chi connectivity index (χ4n) is 5.85. The Morgan fingerprint density at radius 2 is 1.29 bits per heavy atom. The molecule has 2 heterocycles. The van der Waals surface area contributed by atoms with Crippen molar-refractivity contribution in [1.29, 1.82) is 0 Å². The van der Waals surface area contributed by atoms with Gasteiger partial charge in [0.25, 0.3) is 0 Å². The summed E-state index contributed by atoms with van der Waals surface area (Å²) in [4.78, 5) is 75.8. The number of nitrogens with one attached hydrogen (secondary N) is 6. The zero-order chi connectivity index (χ0) is 37.9. The van der Waals surface area contributed by atoms with Gasteiger partial charge in [0.2, 0.25) is 23.6 Å². The number of hydrogen-bond donors (Lipinski definition) is 10. The Bertz CT molecular complexity index is 1910. The van der Waals surface area contributed by atoms with E-state index in [2.05, 4.69) is 36.2 Å². The summed E-state index contributed by atoms with van der Waals surface area (Å²) in [5.74, 6) is -4.34. The number of hydrogen-bond acceptors (Lipinski definition) is 7. The quantitative estimate of drug-likeness (QED) is 0.0390. The number of aliphatic carboxylic acids is 1. The topological polar surface area (TPSA) is 276 Å². The summed E-state index contributed by atoms with van der Waals surface area (Å²) in [5.41, 5.74) is 20.2. The molecule has 16 nitrogen and oxygen atoms in total. The van der Waals surface area contributed by atoms with Gasteiger partial charge in [-0.25, -0.2) is 4.79 Å². The number of carbonyl (C=O) groups is 5. The van der Waals surface area contributed by atoms with E-state index in [1.165, 1.54) is 6.92 Å². The van der Waals surface area contributed by atoms with Gasteiger partial charge in [-0.3, -0.25) is 24.2 Å². The zero-order valence-electron chi connectivity index (χ0n) is 29.4. The van der Waals surface area contributed by atoms with Crippen molar-refractivity contribution >= 4 is 57.4 Å². The van der Waals surface area contributed by atoms with E-state index in [0.717, 1.165) is 27.4 Å². The van der Waals surface area contributed by atoms with E-state index in [1.54, 1.807) is 26.2 Å². The van der Waals surface area contributed by atoms with Crippen LogP contribution < -0.4 is 38.5 Å². The van der Waals surface area contributed by atoms with Gasteiger partial charge in [0.15, 0.2) is 5.96 Å². The molecular weight excluding hydrogens is 668 g/mol. The predicted octanol–water partition coefficient (Wildman–Crippen LogP) is 0.515. The van der Waals surface area contributed by atoms with Gasteiger partial charge in [-0.2, -0.15) is 0 Å². The summed E-state index contributed by atoms with van der Waals surface area (Å²) >= 11 is 0. The molecule has 2 aromatic heterocycles. The van der Waals surface area contributed by atoms with Crippen molar-refractivity contribution in [3.8, 4) is 0 Å². The fourth-order valence-corrected chi connectivity index (χ4v) is 5.85. The predicted molar refractivity (Wildman–Crippen MR) is 198 cm³/mol. The maximum atomic E-state index is 13.6. The molecule has 0 bridgehead atoms. The molecule has 0 saturated heterocycles. The lowest BCUT2D eigenvalue weighted by atomic mass is 10.0. The number of rotatable bonds is 18. The molecule has 4 amide bonds. The number of fused-ring (bicyclic) bond motifs is 2. The molecule has 5 atom stereocenters. The van der Waals surface area contributed by atoms with Crippen LogP contribution in [0, 0.1) is 5.92 Å². The molecule has 278 valence electrons. The normalized spacial score (nSPS) is 14.2. The molecule has 0 radical (unpaired) electrons. The highest BCUT2D eigenvalue weighted by atomic mass is 16.4. The van der Waals surface area contributed by atoms with Crippen molar-refractivity contribution < 1.29 is 29.1 Å². The van der Waals surface area contributed by atoms with Crippen molar-refractivity contribution in [2.45, 2.75) is 76.7 Å². The minimum atomic E-state index is -1.28. The van der Waals surface area contributed by atoms with Gasteiger partial charge >= 0.3 is 5.97 Å². The van der Waals surface area contributed by atoms with Crippen LogP contribution in [0.3, 0.4) is 0 Å². The molecule has 0 saturated carbocycles. The minimum absolute atomic E-state index is 0.0155. The van der Waals surface area contributed by atoms with Crippen molar-refractivity contribution in [3.05, 3.63) is 72.1 Å². The summed E-state index contributed by atoms with van der Waals surface area (Å²) in [6, 6.07) is 9.45. The van der Waals surface area contributed by atoms with Gasteiger partial charge in [-0.15, -0.1) is 0 Å². The summed E-state index contributed by atoms with van der Waals surface area (Å²) in [6.45, 7) is 5.11. The molecule has 2 aromatic carbocycles. The van der Waals surface area contributed by atoms with Crippen LogP contribution in [0.4, 0.5) is 0 Å². The van der Waals surface area contributed by atoms with Crippen LogP contribution in [0.15, 0.2) is 65.9 Å². The van der Waals surface area contributed by atoms with Crippen molar-refractivity contribution in [2.75, 3.05) is 6.54 Å². The first-order valence-corrected chi connectivity index (χ1v) is 17.1. The van der Waals surface area contributed by atoms with Gasteiger partial charge < -0.3 is 53.5 Å². The average Bonchev–Trinajstić information content (AvgIpc) is 3.71. The van der Waals surface area contributed by atoms with E-state index < -0.39 is 59.8 Å². The summed E-state index contributed by atoms with van der Waals surface area (Å²) in [6.07, 6.45) is 4.08. The molecule has 13 N–H and O–H groups in total. The van der Waals surface area contributed by atoms with E-state index in [0.29, 0.717) is 5.56 Å². The number of benzene rings is 2. The van der Waals surface area contributed by atoms with Gasteiger partial charge in [-0.05, 0) is 55.4 Å². The Labute approximate surface area is 300 Å². The van der Waals surface area contributed by atoms with E-state index in [9.17, 15) is 29.1 Å². The molecule has 0 aliphatic carbocycles. The third-order valence-corrected chi connectivity index (χ3v) is 8.74. The molecule has 0 aliphatic rings. The van der Waals surface area contributed by atoms with E-state index in [1.807, 2.05) is 48.5 Å². The fraction of sp³-hybridized carbons (Fsp3) is 0.389. The van der Waals surface area contributed by atoms with Crippen LogP contribution in [0.5, 0.6) is 0 Å². The largest absolute Gasteiger partial charge is 0.480 e. The molecule has 16 heteroatoms. The maximum absolute atomic E-state index is 13.6. The van der Waals surface area contributed by atoms with Crippen molar-refractivity contribution in [1.82, 2.24) is 31.2 Å². The lowest BCUT2D eigenvalue weighted by Gasteiger charge is -2.26. The van der Waals surface area contributed by atoms with Crippen LogP contribution in [0.25, 0.3) is 21.8 Å². The molecule has 0 aliphatic heterocycles. The molecular formula is C36H48N10O6. The Kier molecular flexibility index (Phi) is 13.4. The van der Waals surface area contributed by atoms with E-state index >= 15 is 0 Å². The van der Waals surface area contributed by atoms with Crippen LogP contribution in [-0.4, -0.2) is 87.4 Å². The first-order chi connectivity index (χ1) is 24.7. The van der Waals surface area contributed by atoms with Crippen molar-refractivity contribution in [3.63, 3.8) is 0 Å². The smallest absolute Gasteiger partial charge is 0.326 e. The molecule has 4 rings (SSSR count). The van der Waals surface area contributed by atoms with E-state index in [4.69, 9.17) is 17.2 Å². The Morgan fingerprint density at radius 1 is 0.731 bits per heavy atom. The number of amides is 4. The van der Waals surface area contributed by atoms with Gasteiger partial charge in [0.1, 0.15) is 24.2 Å². The number of aromatic amines is 2. The van der Waals surface area contributed by atoms with E-state index in [-0.39, 0.29) is 44.1 Å². The van der Waals surface area contributed by atoms with Crippen LogP contribution >= 0.6 is 0 Å². The number of guanidine groups is 1. The molecule has 0 fully saturated rings. The number of carboxylic acids is 1. The number of aromatic nitrogens is 2. The molecule has 52 heavy (non-hydrogen) atoms. The summed E-state index contributed by atoms with van der Waals surface area (Å²) in [5, 5.41) is 22.1. The Hall–Kier alpha value is -5.90. The second-order valence-corrected chi connectivity index (χ2v) is 13.1. The third kappa shape index (κ3) is 10.3. The summed E-state index contributed by atoms with van der Waals surface area (Å²) < 4.78 is 0. The average molecular weight is 717 g/mol. The number of nitrogens with zero attached hydrogens (tertiary/aromatic N) is 1. The molecule has 4 aromatic rings. The summed E-state index contributed by atoms with van der Waals surface area (Å²) in [7, 11) is 0. The first-order valence-electron chi connectivity index (χ1n) is 17.1. The number of carbonyl (C=O) groups excluding carboxylic acids is 4. The zero-order valence-corrected chi connectivity index (χ0v) is 29.4. The van der Waals surface area contributed by atoms with Gasteiger partial charge in [-0.1, -0.05) is 50.2 Å². The highest BCUT2D eigenvalue weighted by Gasteiger charge is 2.32. The van der Waals surface area contributed by atoms with Gasteiger partial charge in [0.05, 0.1) is 6.04 Å². The Balaban J connectivity index is 1.43. The number of aliphatic imine (C=N–C) groups is 1. The van der Waals surface area contributed by atoms with Crippen LogP contribution in [0.1, 0.15) is 44.7 Å².